The third-order valence-corrected chi connectivity index (χ3v) is 4.03. The fraction of sp³-hybridized carbons (Fsp3) is 0.375. The minimum Gasteiger partial charge on any atom is -0.503 e. The molecule has 1 heterocycles. The number of carbonyl (C=O) groups excluding carboxylic acids is 2. The van der Waals surface area contributed by atoms with Gasteiger partial charge in [-0.2, -0.15) is 0 Å². The first-order valence-corrected chi connectivity index (χ1v) is 7.78. The highest BCUT2D eigenvalue weighted by Crippen LogP contribution is 2.37. The number of aliphatic hydroxyl groups excluding tert-OH is 2. The number of ketones is 1. The minimum atomic E-state index is -0.611. The summed E-state index contributed by atoms with van der Waals surface area (Å²) in [6, 6.07) is 6.24. The van der Waals surface area contributed by atoms with E-state index >= 15 is 0 Å². The van der Waals surface area contributed by atoms with Crippen molar-refractivity contribution in [3.63, 3.8) is 0 Å². The normalized spacial score (nSPS) is 18.0. The molecule has 23 heavy (non-hydrogen) atoms. The summed E-state index contributed by atoms with van der Waals surface area (Å²) < 4.78 is 0. The van der Waals surface area contributed by atoms with E-state index in [1.165, 1.54) is 11.8 Å². The van der Waals surface area contributed by atoms with Crippen LogP contribution in [0.15, 0.2) is 35.6 Å². The first kappa shape index (κ1) is 17.5. The Balaban J connectivity index is 2.31. The van der Waals surface area contributed by atoms with Crippen LogP contribution in [0, 0.1) is 0 Å². The maximum absolute atomic E-state index is 12.3. The molecular formula is C16H20ClN2O4+. The van der Waals surface area contributed by atoms with Gasteiger partial charge in [-0.25, -0.2) is 0 Å². The molecule has 0 saturated heterocycles. The van der Waals surface area contributed by atoms with Crippen LogP contribution in [0.3, 0.4) is 0 Å². The van der Waals surface area contributed by atoms with Crippen molar-refractivity contribution in [1.82, 2.24) is 4.90 Å². The Bertz CT molecular complexity index is 627. The lowest BCUT2D eigenvalue weighted by Crippen LogP contribution is -2.86. The summed E-state index contributed by atoms with van der Waals surface area (Å²) in [7, 11) is 0. The summed E-state index contributed by atoms with van der Waals surface area (Å²) in [6.07, 6.45) is 0. The van der Waals surface area contributed by atoms with Gasteiger partial charge in [0.1, 0.15) is 0 Å². The summed E-state index contributed by atoms with van der Waals surface area (Å²) in [5.74, 6) is -1.37. The summed E-state index contributed by atoms with van der Waals surface area (Å²) in [5.41, 5.74) is 0.832. The molecule has 124 valence electrons. The average molecular weight is 340 g/mol. The van der Waals surface area contributed by atoms with Crippen LogP contribution >= 0.6 is 11.6 Å². The van der Waals surface area contributed by atoms with E-state index in [2.05, 4.69) is 0 Å². The smallest absolute Gasteiger partial charge is 0.290 e. The third kappa shape index (κ3) is 3.72. The zero-order valence-corrected chi connectivity index (χ0v) is 13.6. The van der Waals surface area contributed by atoms with Gasteiger partial charge in [-0.05, 0) is 24.6 Å². The summed E-state index contributed by atoms with van der Waals surface area (Å²) in [4.78, 5) is 25.7. The summed E-state index contributed by atoms with van der Waals surface area (Å²) >= 11 is 5.89. The molecule has 4 N–H and O–H groups in total. The standard InChI is InChI=1S/C16H19ClN2O4/c1-10(21)13-14(11-2-4-12(17)5-3-11)19(16(23)15(13)22)8-6-18-7-9-20/h2-5,14,18,20,22H,6-9H2,1H3/p+1/t14-/m0/s1. The Morgan fingerprint density at radius 1 is 1.30 bits per heavy atom. The second-order valence-corrected chi connectivity index (χ2v) is 5.80. The second-order valence-electron chi connectivity index (χ2n) is 5.36. The molecule has 0 fully saturated rings. The van der Waals surface area contributed by atoms with Gasteiger partial charge in [-0.15, -0.1) is 0 Å². The highest BCUT2D eigenvalue weighted by molar-refractivity contribution is 6.30. The van der Waals surface area contributed by atoms with Gasteiger partial charge in [0, 0.05) is 5.02 Å². The van der Waals surface area contributed by atoms with Gasteiger partial charge in [0.05, 0.1) is 37.9 Å². The predicted octanol–water partition coefficient (Wildman–Crippen LogP) is 0.180. The number of carbonyl (C=O) groups is 2. The Morgan fingerprint density at radius 2 is 1.96 bits per heavy atom. The number of Topliss-reactive ketones (excluding diaryl/α,β-unsaturated/α-hetero) is 1. The topological polar surface area (TPSA) is 94.5 Å². The number of aliphatic hydroxyl groups is 2. The fourth-order valence-corrected chi connectivity index (χ4v) is 2.83. The lowest BCUT2D eigenvalue weighted by molar-refractivity contribution is -0.655. The molecule has 1 aromatic rings. The Morgan fingerprint density at radius 3 is 2.52 bits per heavy atom. The van der Waals surface area contributed by atoms with Crippen molar-refractivity contribution in [3.05, 3.63) is 46.2 Å². The quantitative estimate of drug-likeness (QED) is 0.618. The highest BCUT2D eigenvalue weighted by Gasteiger charge is 2.42. The Hall–Kier alpha value is -1.89. The number of hydrogen-bond acceptors (Lipinski definition) is 4. The van der Waals surface area contributed by atoms with E-state index in [1.54, 1.807) is 24.3 Å². The van der Waals surface area contributed by atoms with Crippen LogP contribution < -0.4 is 5.32 Å². The van der Waals surface area contributed by atoms with Gasteiger partial charge in [0.25, 0.3) is 5.91 Å². The molecule has 0 unspecified atom stereocenters. The fourth-order valence-electron chi connectivity index (χ4n) is 2.70. The predicted molar refractivity (Wildman–Crippen MR) is 85.0 cm³/mol. The van der Waals surface area contributed by atoms with E-state index in [0.717, 1.165) is 5.56 Å². The van der Waals surface area contributed by atoms with Crippen LogP contribution in [0.1, 0.15) is 18.5 Å². The monoisotopic (exact) mass is 339 g/mol. The zero-order chi connectivity index (χ0) is 17.0. The molecule has 1 aliphatic heterocycles. The lowest BCUT2D eigenvalue weighted by atomic mass is 9.97. The van der Waals surface area contributed by atoms with Gasteiger partial charge >= 0.3 is 0 Å². The van der Waals surface area contributed by atoms with Gasteiger partial charge in [-0.3, -0.25) is 9.59 Å². The van der Waals surface area contributed by atoms with Crippen LogP contribution in [-0.4, -0.2) is 53.0 Å². The summed E-state index contributed by atoms with van der Waals surface area (Å²) in [5, 5.41) is 21.3. The molecule has 2 rings (SSSR count). The number of nitrogens with two attached hydrogens (primary N) is 1. The third-order valence-electron chi connectivity index (χ3n) is 3.78. The molecule has 0 radical (unpaired) electrons. The highest BCUT2D eigenvalue weighted by atomic mass is 35.5. The molecule has 0 spiro atoms. The van der Waals surface area contributed by atoms with E-state index < -0.39 is 17.7 Å². The number of quaternary nitrogens is 1. The molecule has 7 heteroatoms. The van der Waals surface area contributed by atoms with E-state index in [4.69, 9.17) is 16.7 Å². The van der Waals surface area contributed by atoms with Crippen molar-refractivity contribution in [1.29, 1.82) is 0 Å². The summed E-state index contributed by atoms with van der Waals surface area (Å²) in [6.45, 7) is 2.84. The molecule has 0 bridgehead atoms. The lowest BCUT2D eigenvalue weighted by Gasteiger charge is -2.26. The minimum absolute atomic E-state index is 0.0523. The molecule has 0 aliphatic carbocycles. The van der Waals surface area contributed by atoms with Crippen LogP contribution in [0.4, 0.5) is 0 Å². The number of amides is 1. The van der Waals surface area contributed by atoms with Gasteiger partial charge in [0.15, 0.2) is 11.5 Å². The van der Waals surface area contributed by atoms with Crippen LogP contribution in [0.25, 0.3) is 0 Å². The zero-order valence-electron chi connectivity index (χ0n) is 12.8. The number of halogens is 1. The largest absolute Gasteiger partial charge is 0.503 e. The number of rotatable bonds is 7. The number of hydrogen-bond donors (Lipinski definition) is 3. The van der Waals surface area contributed by atoms with Crippen molar-refractivity contribution < 1.29 is 25.1 Å². The number of benzene rings is 1. The van der Waals surface area contributed by atoms with Crippen molar-refractivity contribution in [2.45, 2.75) is 13.0 Å². The van der Waals surface area contributed by atoms with Crippen molar-refractivity contribution in [2.75, 3.05) is 26.2 Å². The van der Waals surface area contributed by atoms with Crippen LogP contribution in [-0.2, 0) is 9.59 Å². The Labute approximate surface area is 139 Å². The molecule has 1 amide bonds. The van der Waals surface area contributed by atoms with Gasteiger partial charge < -0.3 is 20.4 Å². The molecule has 1 aromatic carbocycles. The second kappa shape index (κ2) is 7.59. The van der Waals surface area contributed by atoms with E-state index in [9.17, 15) is 14.7 Å². The van der Waals surface area contributed by atoms with Gasteiger partial charge in [-0.1, -0.05) is 23.7 Å². The molecular weight excluding hydrogens is 320 g/mol. The van der Waals surface area contributed by atoms with Crippen molar-refractivity contribution >= 4 is 23.3 Å². The van der Waals surface area contributed by atoms with E-state index in [0.29, 0.717) is 24.7 Å². The molecule has 1 aliphatic rings. The van der Waals surface area contributed by atoms with Crippen molar-refractivity contribution in [2.24, 2.45) is 0 Å². The average Bonchev–Trinajstić information content (AvgIpc) is 2.77. The van der Waals surface area contributed by atoms with Gasteiger partial charge in [0.2, 0.25) is 0 Å². The molecule has 0 saturated carbocycles. The molecule has 1 atom stereocenters. The maximum atomic E-state index is 12.3. The van der Waals surface area contributed by atoms with Crippen LogP contribution in [0.5, 0.6) is 0 Å². The van der Waals surface area contributed by atoms with E-state index in [-0.39, 0.29) is 18.0 Å². The molecule has 6 nitrogen and oxygen atoms in total. The SMILES string of the molecule is CC(=O)C1=C(O)C(=O)N(CC[NH2+]CCO)[C@H]1c1ccc(Cl)cc1. The number of nitrogens with zero attached hydrogens (tertiary/aromatic N) is 1. The van der Waals surface area contributed by atoms with Crippen LogP contribution in [0.2, 0.25) is 5.02 Å². The first-order valence-electron chi connectivity index (χ1n) is 7.40. The Kier molecular flexibility index (Phi) is 5.76. The first-order chi connectivity index (χ1) is 11.0. The van der Waals surface area contributed by atoms with Crippen molar-refractivity contribution in [3.8, 4) is 0 Å². The maximum Gasteiger partial charge on any atom is 0.290 e. The molecule has 0 aromatic heterocycles. The van der Waals surface area contributed by atoms with E-state index in [1.807, 2.05) is 5.32 Å².